The Morgan fingerprint density at radius 1 is 0.400 bits per heavy atom. The van der Waals surface area contributed by atoms with Gasteiger partial charge in [-0.05, 0) is 51.4 Å². The molecule has 11 heteroatoms. The summed E-state index contributed by atoms with van der Waals surface area (Å²) in [6, 6.07) is -0.830. The number of unbranched alkanes of at least 4 members (excludes halogenated alkanes) is 52. The van der Waals surface area contributed by atoms with Crippen molar-refractivity contribution in [2.45, 2.75) is 436 Å². The minimum absolute atomic E-state index is 0.0183. The summed E-state index contributed by atoms with van der Waals surface area (Å²) in [4.78, 5) is 25.1. The van der Waals surface area contributed by atoms with Crippen molar-refractivity contribution in [1.82, 2.24) is 5.32 Å². The highest BCUT2D eigenvalue weighted by Gasteiger charge is 2.44. The van der Waals surface area contributed by atoms with E-state index in [2.05, 4.69) is 43.5 Å². The number of hydrogen-bond acceptors (Lipinski definition) is 10. The summed E-state index contributed by atoms with van der Waals surface area (Å²) in [6.45, 7) is 4.32. The molecule has 0 spiro atoms. The first kappa shape index (κ1) is 85.9. The number of aliphatic hydroxyl groups excluding tert-OH is 5. The van der Waals surface area contributed by atoms with Crippen LogP contribution in [0, 0.1) is 0 Å². The maximum absolute atomic E-state index is 13.1. The molecule has 530 valence electrons. The Bertz CT molecular complexity index is 1590. The molecule has 0 bridgehead atoms. The summed E-state index contributed by atoms with van der Waals surface area (Å²) < 4.78 is 16.7. The van der Waals surface area contributed by atoms with E-state index in [9.17, 15) is 35.1 Å². The zero-order valence-corrected chi connectivity index (χ0v) is 59.1. The summed E-state index contributed by atoms with van der Waals surface area (Å²) in [5, 5.41) is 54.4. The van der Waals surface area contributed by atoms with E-state index >= 15 is 0 Å². The van der Waals surface area contributed by atoms with Gasteiger partial charge in [0.1, 0.15) is 24.4 Å². The van der Waals surface area contributed by atoms with Crippen molar-refractivity contribution in [3.8, 4) is 0 Å². The van der Waals surface area contributed by atoms with Crippen LogP contribution in [0.1, 0.15) is 393 Å². The molecule has 6 N–H and O–H groups in total. The zero-order chi connectivity index (χ0) is 65.1. The molecule has 0 aromatic heterocycles. The molecule has 1 saturated heterocycles. The molecule has 90 heavy (non-hydrogen) atoms. The average Bonchev–Trinajstić information content (AvgIpc) is 1.01. The van der Waals surface area contributed by atoms with Crippen LogP contribution in [0.4, 0.5) is 0 Å². The molecule has 0 aromatic rings. The third-order valence-corrected chi connectivity index (χ3v) is 18.7. The molecule has 0 saturated carbocycles. The summed E-state index contributed by atoms with van der Waals surface area (Å²) in [5.74, 6) is -0.171. The number of esters is 1. The van der Waals surface area contributed by atoms with Gasteiger partial charge in [0.2, 0.25) is 5.91 Å². The van der Waals surface area contributed by atoms with E-state index in [4.69, 9.17) is 14.2 Å². The Labute approximate surface area is 555 Å². The second kappa shape index (κ2) is 68.3. The fourth-order valence-corrected chi connectivity index (χ4v) is 12.6. The Hall–Kier alpha value is -2.12. The van der Waals surface area contributed by atoms with Gasteiger partial charge in [-0.25, -0.2) is 0 Å². The average molecular weight is 1270 g/mol. The van der Waals surface area contributed by atoms with Crippen LogP contribution in [0.2, 0.25) is 0 Å². The molecule has 1 rings (SSSR count). The third kappa shape index (κ3) is 56.2. The number of rotatable bonds is 70. The molecule has 11 nitrogen and oxygen atoms in total. The second-order valence-corrected chi connectivity index (χ2v) is 27.4. The van der Waals surface area contributed by atoms with Crippen molar-refractivity contribution in [2.75, 3.05) is 19.8 Å². The topological polar surface area (TPSA) is 175 Å². The Morgan fingerprint density at radius 2 is 0.722 bits per heavy atom. The standard InChI is InChI=1S/C79H149NO10/c1-3-5-7-9-11-13-15-46-49-53-57-61-65-72(82)71(70-89-79-78(87)77(86)76(85)73(69-81)90-79)80-74(83)66-62-58-54-50-47-43-41-39-37-35-33-31-29-27-25-23-21-19-17-16-18-20-22-24-26-28-30-32-34-36-38-40-42-44-48-52-56-60-64-68-88-75(84)67-63-59-55-51-45-14-12-10-8-6-4-2/h9,11,46,49,61,65,71-73,76-79,81-82,85-87H,3-8,10,12-45,47-48,50-60,62-64,66-70H2,1-2H3,(H,80,83)/b11-9+,49-46+,65-61+. The van der Waals surface area contributed by atoms with Crippen LogP contribution in [0.5, 0.6) is 0 Å². The van der Waals surface area contributed by atoms with Gasteiger partial charge in [-0.1, -0.05) is 365 Å². The fraction of sp³-hybridized carbons (Fsp3) is 0.899. The molecular weight excluding hydrogens is 1120 g/mol. The largest absolute Gasteiger partial charge is 0.466 e. The van der Waals surface area contributed by atoms with Crippen LogP contribution in [0.15, 0.2) is 36.5 Å². The van der Waals surface area contributed by atoms with E-state index in [1.54, 1.807) is 6.08 Å². The normalized spacial score (nSPS) is 17.8. The molecule has 1 heterocycles. The number of nitrogens with one attached hydrogen (secondary N) is 1. The fourth-order valence-electron chi connectivity index (χ4n) is 12.6. The Morgan fingerprint density at radius 3 is 1.09 bits per heavy atom. The number of carbonyl (C=O) groups excluding carboxylic acids is 2. The lowest BCUT2D eigenvalue weighted by atomic mass is 9.99. The lowest BCUT2D eigenvalue weighted by molar-refractivity contribution is -0.302. The number of allylic oxidation sites excluding steroid dienone is 5. The van der Waals surface area contributed by atoms with Crippen LogP contribution in [0.25, 0.3) is 0 Å². The Kier molecular flexibility index (Phi) is 65.2. The Balaban J connectivity index is 1.88. The van der Waals surface area contributed by atoms with Crippen LogP contribution >= 0.6 is 0 Å². The highest BCUT2D eigenvalue weighted by atomic mass is 16.7. The predicted octanol–water partition coefficient (Wildman–Crippen LogP) is 20.9. The van der Waals surface area contributed by atoms with E-state index in [0.29, 0.717) is 19.4 Å². The highest BCUT2D eigenvalue weighted by molar-refractivity contribution is 5.76. The summed E-state index contributed by atoms with van der Waals surface area (Å²) >= 11 is 0. The third-order valence-electron chi connectivity index (χ3n) is 18.7. The van der Waals surface area contributed by atoms with E-state index in [1.165, 1.54) is 302 Å². The SMILES string of the molecule is CCCC/C=C/CC/C=C/CC/C=C/C(O)C(COC1OC(CO)C(O)C(O)C1O)NC(=O)CCCCCCCCCCCCCCCCCCCCCCCCCCCCCCCCCCCCCCCCCOC(=O)CCCCCCCCCCCCC. The van der Waals surface area contributed by atoms with Gasteiger partial charge in [-0.3, -0.25) is 9.59 Å². The molecule has 1 amide bonds. The first-order chi connectivity index (χ1) is 44.2. The van der Waals surface area contributed by atoms with E-state index in [-0.39, 0.29) is 18.5 Å². The van der Waals surface area contributed by atoms with Gasteiger partial charge in [0.15, 0.2) is 6.29 Å². The zero-order valence-electron chi connectivity index (χ0n) is 59.1. The van der Waals surface area contributed by atoms with Crippen molar-refractivity contribution < 1.29 is 49.3 Å². The first-order valence-electron chi connectivity index (χ1n) is 39.3. The lowest BCUT2D eigenvalue weighted by Gasteiger charge is -2.40. The molecule has 1 aliphatic heterocycles. The van der Waals surface area contributed by atoms with Gasteiger partial charge in [0.25, 0.3) is 0 Å². The van der Waals surface area contributed by atoms with Crippen LogP contribution in [-0.4, -0.2) is 100 Å². The van der Waals surface area contributed by atoms with Gasteiger partial charge < -0.3 is 45.1 Å². The smallest absolute Gasteiger partial charge is 0.305 e. The maximum atomic E-state index is 13.1. The molecule has 1 aliphatic rings. The van der Waals surface area contributed by atoms with Gasteiger partial charge in [0.05, 0.1) is 32.0 Å². The van der Waals surface area contributed by atoms with Crippen molar-refractivity contribution in [2.24, 2.45) is 0 Å². The molecular formula is C79H149NO10. The van der Waals surface area contributed by atoms with Crippen LogP contribution in [-0.2, 0) is 23.8 Å². The van der Waals surface area contributed by atoms with E-state index in [1.807, 2.05) is 6.08 Å². The molecule has 0 aromatic carbocycles. The highest BCUT2D eigenvalue weighted by Crippen LogP contribution is 2.24. The summed E-state index contributed by atoms with van der Waals surface area (Å²) in [7, 11) is 0. The monoisotopic (exact) mass is 1270 g/mol. The number of aliphatic hydroxyl groups is 5. The molecule has 0 aliphatic carbocycles. The predicted molar refractivity (Wildman–Crippen MR) is 380 cm³/mol. The van der Waals surface area contributed by atoms with Crippen molar-refractivity contribution >= 4 is 11.9 Å². The van der Waals surface area contributed by atoms with E-state index in [0.717, 1.165) is 64.2 Å². The van der Waals surface area contributed by atoms with Crippen molar-refractivity contribution in [3.05, 3.63) is 36.5 Å². The minimum Gasteiger partial charge on any atom is -0.466 e. The molecule has 7 unspecified atom stereocenters. The van der Waals surface area contributed by atoms with Crippen molar-refractivity contribution in [1.29, 1.82) is 0 Å². The summed E-state index contributed by atoms with van der Waals surface area (Å²) in [6.07, 6.45) is 79.1. The van der Waals surface area contributed by atoms with Gasteiger partial charge >= 0.3 is 5.97 Å². The second-order valence-electron chi connectivity index (χ2n) is 27.4. The first-order valence-corrected chi connectivity index (χ1v) is 39.3. The van der Waals surface area contributed by atoms with Gasteiger partial charge in [-0.2, -0.15) is 0 Å². The van der Waals surface area contributed by atoms with Crippen LogP contribution < -0.4 is 5.32 Å². The lowest BCUT2D eigenvalue weighted by Crippen LogP contribution is -2.60. The molecule has 0 radical (unpaired) electrons. The number of amides is 1. The number of hydrogen-bond donors (Lipinski definition) is 6. The molecule has 1 fully saturated rings. The summed E-state index contributed by atoms with van der Waals surface area (Å²) in [5.41, 5.74) is 0. The maximum Gasteiger partial charge on any atom is 0.305 e. The van der Waals surface area contributed by atoms with Crippen molar-refractivity contribution in [3.63, 3.8) is 0 Å². The van der Waals surface area contributed by atoms with Gasteiger partial charge in [-0.15, -0.1) is 0 Å². The number of carbonyl (C=O) groups is 2. The quantitative estimate of drug-likeness (QED) is 0.0195. The van der Waals surface area contributed by atoms with Crippen LogP contribution in [0.3, 0.4) is 0 Å². The van der Waals surface area contributed by atoms with Gasteiger partial charge in [0, 0.05) is 12.8 Å². The minimum atomic E-state index is -1.58. The number of ether oxygens (including phenoxy) is 3. The van der Waals surface area contributed by atoms with E-state index < -0.39 is 49.5 Å². The molecule has 7 atom stereocenters.